The molecule has 0 spiro atoms. The van der Waals surface area contributed by atoms with Crippen molar-refractivity contribution >= 4 is 37.8 Å². The number of carbonyl (C=O) groups excluding carboxylic acids is 1. The minimum absolute atomic E-state index is 0.00953. The number of pyridine rings is 1. The maximum absolute atomic E-state index is 12.6. The first-order valence-electron chi connectivity index (χ1n) is 6.44. The van der Waals surface area contributed by atoms with Gasteiger partial charge in [0, 0.05) is 29.9 Å². The van der Waals surface area contributed by atoms with Crippen molar-refractivity contribution in [3.63, 3.8) is 0 Å². The molecule has 1 unspecified atom stereocenters. The lowest BCUT2D eigenvalue weighted by atomic mass is 9.99. The summed E-state index contributed by atoms with van der Waals surface area (Å²) in [5.74, 6) is -1.74. The first kappa shape index (κ1) is 17.5. The number of alkyl halides is 3. The highest BCUT2D eigenvalue weighted by Crippen LogP contribution is 2.40. The second kappa shape index (κ2) is 6.35. The van der Waals surface area contributed by atoms with Gasteiger partial charge in [0.15, 0.2) is 0 Å². The van der Waals surface area contributed by atoms with Gasteiger partial charge >= 0.3 is 12.1 Å². The molecule has 122 valence electrons. The molecule has 1 amide bonds. The van der Waals surface area contributed by atoms with Crippen LogP contribution in [0, 0.1) is 0 Å². The molecule has 4 nitrogen and oxygen atoms in total. The van der Waals surface area contributed by atoms with Gasteiger partial charge in [0.1, 0.15) is 0 Å². The Bertz CT molecular complexity index is 608. The van der Waals surface area contributed by atoms with E-state index in [2.05, 4.69) is 36.8 Å². The number of nitrogens with zero attached hydrogens (tertiary/aromatic N) is 2. The maximum Gasteiger partial charge on any atom is 0.471 e. The highest BCUT2D eigenvalue weighted by molar-refractivity contribution is 9.13. The molecular formula is C13H13Br2F3N2O2. The summed E-state index contributed by atoms with van der Waals surface area (Å²) in [6.45, 7) is 1.73. The van der Waals surface area contributed by atoms with Crippen molar-refractivity contribution in [3.05, 3.63) is 20.2 Å². The van der Waals surface area contributed by atoms with Gasteiger partial charge in [-0.3, -0.25) is 4.79 Å². The minimum atomic E-state index is -4.86. The zero-order valence-corrected chi connectivity index (χ0v) is 15.0. The third-order valence-corrected chi connectivity index (χ3v) is 5.58. The van der Waals surface area contributed by atoms with E-state index < -0.39 is 12.1 Å². The summed E-state index contributed by atoms with van der Waals surface area (Å²) in [4.78, 5) is 16.7. The molecule has 0 saturated heterocycles. The lowest BCUT2D eigenvalue weighted by Gasteiger charge is -2.24. The Labute approximate surface area is 142 Å². The second-order valence-corrected chi connectivity index (χ2v) is 6.60. The average Bonchev–Trinajstić information content (AvgIpc) is 2.60. The minimum Gasteiger partial charge on any atom is -0.480 e. The molecule has 1 aliphatic heterocycles. The lowest BCUT2D eigenvalue weighted by Crippen LogP contribution is -2.42. The van der Waals surface area contributed by atoms with Crippen LogP contribution in [0.3, 0.4) is 0 Å². The molecule has 1 aromatic rings. The van der Waals surface area contributed by atoms with Crippen molar-refractivity contribution in [1.82, 2.24) is 9.88 Å². The molecule has 0 aliphatic carbocycles. The molecule has 0 N–H and O–H groups in total. The number of aromatic nitrogens is 1. The summed E-state index contributed by atoms with van der Waals surface area (Å²) >= 11 is 6.79. The quantitative estimate of drug-likeness (QED) is 0.662. The second-order valence-electron chi connectivity index (χ2n) is 5.01. The van der Waals surface area contributed by atoms with Crippen molar-refractivity contribution in [1.29, 1.82) is 0 Å². The van der Waals surface area contributed by atoms with Crippen LogP contribution >= 0.6 is 31.9 Å². The Morgan fingerprint density at radius 1 is 1.36 bits per heavy atom. The third kappa shape index (κ3) is 3.24. The summed E-state index contributed by atoms with van der Waals surface area (Å²) in [7, 11) is 1.46. The van der Waals surface area contributed by atoms with E-state index in [1.54, 1.807) is 6.92 Å². The number of hydrogen-bond donors (Lipinski definition) is 0. The summed E-state index contributed by atoms with van der Waals surface area (Å²) in [5.41, 5.74) is 1.43. The first-order valence-corrected chi connectivity index (χ1v) is 8.03. The van der Waals surface area contributed by atoms with E-state index in [0.717, 1.165) is 10.5 Å². The largest absolute Gasteiger partial charge is 0.480 e. The van der Waals surface area contributed by atoms with E-state index in [9.17, 15) is 18.0 Å². The summed E-state index contributed by atoms with van der Waals surface area (Å²) in [5, 5.41) is 0. The molecule has 22 heavy (non-hydrogen) atoms. The highest BCUT2D eigenvalue weighted by Gasteiger charge is 2.43. The van der Waals surface area contributed by atoms with Gasteiger partial charge in [-0.15, -0.1) is 0 Å². The SMILES string of the molecule is COc1nc2c(c(Br)c1Br)C(C)CN(C(=O)C(F)(F)F)CC2. The van der Waals surface area contributed by atoms with Gasteiger partial charge < -0.3 is 9.64 Å². The Kier molecular flexibility index (Phi) is 5.06. The van der Waals surface area contributed by atoms with E-state index in [4.69, 9.17) is 4.74 Å². The number of methoxy groups -OCH3 is 1. The topological polar surface area (TPSA) is 42.4 Å². The molecule has 0 radical (unpaired) electrons. The number of carbonyl (C=O) groups is 1. The van der Waals surface area contributed by atoms with Gasteiger partial charge in [-0.1, -0.05) is 6.92 Å². The van der Waals surface area contributed by atoms with E-state index in [0.29, 0.717) is 20.5 Å². The van der Waals surface area contributed by atoms with Gasteiger partial charge in [0.2, 0.25) is 5.88 Å². The average molecular weight is 446 g/mol. The molecule has 2 rings (SSSR count). The molecule has 0 saturated carbocycles. The van der Waals surface area contributed by atoms with Crippen LogP contribution in [0.1, 0.15) is 24.1 Å². The van der Waals surface area contributed by atoms with E-state index in [1.807, 2.05) is 0 Å². The monoisotopic (exact) mass is 444 g/mol. The normalized spacial score (nSPS) is 18.7. The zero-order chi connectivity index (χ0) is 16.7. The lowest BCUT2D eigenvalue weighted by molar-refractivity contribution is -0.185. The van der Waals surface area contributed by atoms with Gasteiger partial charge in [0.25, 0.3) is 0 Å². The summed E-state index contributed by atoms with van der Waals surface area (Å²) in [6.07, 6.45) is -4.62. The van der Waals surface area contributed by atoms with E-state index in [1.165, 1.54) is 7.11 Å². The van der Waals surface area contributed by atoms with Crippen LogP contribution < -0.4 is 4.74 Å². The standard InChI is InChI=1S/C13H13Br2F3N2O2/c1-6-5-20(12(21)13(16,17)18)4-3-7-8(6)9(14)10(15)11(19-7)22-2/h6H,3-5H2,1-2H3. The maximum atomic E-state index is 12.6. The fraction of sp³-hybridized carbons (Fsp3) is 0.538. The molecule has 0 fully saturated rings. The highest BCUT2D eigenvalue weighted by atomic mass is 79.9. The number of hydrogen-bond acceptors (Lipinski definition) is 3. The predicted molar refractivity (Wildman–Crippen MR) is 80.9 cm³/mol. The molecule has 9 heteroatoms. The fourth-order valence-corrected chi connectivity index (χ4v) is 3.77. The Balaban J connectivity index is 2.40. The Hall–Kier alpha value is -0.830. The third-order valence-electron chi connectivity index (χ3n) is 3.49. The fourth-order valence-electron chi connectivity index (χ4n) is 2.52. The molecule has 0 aromatic carbocycles. The molecule has 1 aromatic heterocycles. The molecule has 0 bridgehead atoms. The number of halogens is 5. The van der Waals surface area contributed by atoms with Crippen LogP contribution in [-0.2, 0) is 11.2 Å². The number of ether oxygens (including phenoxy) is 1. The number of amides is 1. The summed E-state index contributed by atoms with van der Waals surface area (Å²) < 4.78 is 44.4. The van der Waals surface area contributed by atoms with E-state index >= 15 is 0 Å². The van der Waals surface area contributed by atoms with Crippen molar-refractivity contribution < 1.29 is 22.7 Å². The molecule has 1 aliphatic rings. The zero-order valence-electron chi connectivity index (χ0n) is 11.8. The smallest absolute Gasteiger partial charge is 0.471 e. The Morgan fingerprint density at radius 3 is 2.55 bits per heavy atom. The van der Waals surface area contributed by atoms with Crippen LogP contribution in [0.4, 0.5) is 13.2 Å². The van der Waals surface area contributed by atoms with Crippen molar-refractivity contribution in [2.75, 3.05) is 20.2 Å². The van der Waals surface area contributed by atoms with Crippen molar-refractivity contribution in [3.8, 4) is 5.88 Å². The Morgan fingerprint density at radius 2 is 2.00 bits per heavy atom. The van der Waals surface area contributed by atoms with Crippen LogP contribution in [-0.4, -0.2) is 42.2 Å². The van der Waals surface area contributed by atoms with Crippen LogP contribution in [0.15, 0.2) is 8.95 Å². The molecule has 2 heterocycles. The van der Waals surface area contributed by atoms with Crippen molar-refractivity contribution in [2.45, 2.75) is 25.4 Å². The van der Waals surface area contributed by atoms with Gasteiger partial charge in [-0.05, 0) is 37.4 Å². The molecule has 1 atom stereocenters. The van der Waals surface area contributed by atoms with Crippen LogP contribution in [0.5, 0.6) is 5.88 Å². The summed E-state index contributed by atoms with van der Waals surface area (Å²) in [6, 6.07) is 0. The van der Waals surface area contributed by atoms with Crippen LogP contribution in [0.25, 0.3) is 0 Å². The van der Waals surface area contributed by atoms with Gasteiger partial charge in [0.05, 0.1) is 17.3 Å². The predicted octanol–water partition coefficient (Wildman–Crippen LogP) is 3.67. The number of fused-ring (bicyclic) bond motifs is 1. The number of rotatable bonds is 1. The van der Waals surface area contributed by atoms with Gasteiger partial charge in [-0.25, -0.2) is 4.98 Å². The first-order chi connectivity index (χ1) is 10.2. The van der Waals surface area contributed by atoms with E-state index in [-0.39, 0.29) is 25.4 Å². The van der Waals surface area contributed by atoms with Crippen LogP contribution in [0.2, 0.25) is 0 Å². The van der Waals surface area contributed by atoms with Gasteiger partial charge in [-0.2, -0.15) is 13.2 Å². The molecular weight excluding hydrogens is 433 g/mol. The van der Waals surface area contributed by atoms with Crippen molar-refractivity contribution in [2.24, 2.45) is 0 Å².